The fourth-order valence-corrected chi connectivity index (χ4v) is 4.47. The van der Waals surface area contributed by atoms with Gasteiger partial charge in [0.05, 0.1) is 24.4 Å². The lowest BCUT2D eigenvalue weighted by Gasteiger charge is -2.52. The van der Waals surface area contributed by atoms with E-state index in [0.717, 1.165) is 17.7 Å². The molecule has 2 unspecified atom stereocenters. The molecular weight excluding hydrogens is 374 g/mol. The van der Waals surface area contributed by atoms with Gasteiger partial charge in [-0.15, -0.1) is 0 Å². The van der Waals surface area contributed by atoms with Crippen LogP contribution >= 0.6 is 0 Å². The summed E-state index contributed by atoms with van der Waals surface area (Å²) in [5.74, 6) is -0.787. The fourth-order valence-electron chi connectivity index (χ4n) is 4.47. The van der Waals surface area contributed by atoms with E-state index >= 15 is 0 Å². The van der Waals surface area contributed by atoms with Crippen molar-refractivity contribution in [2.24, 2.45) is 0 Å². The van der Waals surface area contributed by atoms with Crippen LogP contribution in [0.5, 0.6) is 0 Å². The van der Waals surface area contributed by atoms with Crippen LogP contribution in [0, 0.1) is 5.82 Å². The fraction of sp³-hybridized carbons (Fsp3) is 0.429. The summed E-state index contributed by atoms with van der Waals surface area (Å²) < 4.78 is 59.9. The highest BCUT2D eigenvalue weighted by molar-refractivity contribution is 5.36. The van der Waals surface area contributed by atoms with Crippen LogP contribution in [0.25, 0.3) is 0 Å². The first-order valence-electron chi connectivity index (χ1n) is 9.23. The molecule has 0 aromatic heterocycles. The maximum atomic E-state index is 13.8. The number of alkyl halides is 3. The molecule has 0 spiro atoms. The number of piperidine rings is 1. The molecule has 2 saturated heterocycles. The number of hydrogen-bond acceptors (Lipinski definition) is 3. The van der Waals surface area contributed by atoms with Gasteiger partial charge in [0.15, 0.2) is 0 Å². The van der Waals surface area contributed by atoms with Crippen LogP contribution in [0.2, 0.25) is 0 Å². The Morgan fingerprint density at radius 3 is 2.29 bits per heavy atom. The molecule has 0 saturated carbocycles. The van der Waals surface area contributed by atoms with Crippen LogP contribution in [-0.2, 0) is 23.1 Å². The Balaban J connectivity index is 1.66. The number of fused-ring (bicyclic) bond motifs is 2. The van der Waals surface area contributed by atoms with Gasteiger partial charge in [0, 0.05) is 18.6 Å². The van der Waals surface area contributed by atoms with Gasteiger partial charge in [0.2, 0.25) is 0 Å². The lowest BCUT2D eigenvalue weighted by molar-refractivity contribution is -0.160. The number of halogens is 4. The van der Waals surface area contributed by atoms with Crippen molar-refractivity contribution in [2.45, 2.75) is 43.2 Å². The van der Waals surface area contributed by atoms with Crippen LogP contribution < -0.4 is 0 Å². The second-order valence-corrected chi connectivity index (χ2v) is 7.63. The summed E-state index contributed by atoms with van der Waals surface area (Å²) in [5, 5.41) is 11.3. The number of aliphatic hydroxyl groups is 1. The minimum atomic E-state index is -4.66. The third-order valence-corrected chi connectivity index (χ3v) is 5.70. The highest BCUT2D eigenvalue weighted by Crippen LogP contribution is 2.46. The van der Waals surface area contributed by atoms with E-state index in [0.29, 0.717) is 25.8 Å². The van der Waals surface area contributed by atoms with Gasteiger partial charge in [-0.2, -0.15) is 13.2 Å². The van der Waals surface area contributed by atoms with Crippen molar-refractivity contribution in [3.8, 4) is 0 Å². The SMILES string of the molecule is OC1(c2cc(F)ccc2C(F)(F)F)CC2COCC(C1)N2Cc1ccccc1. The summed E-state index contributed by atoms with van der Waals surface area (Å²) in [7, 11) is 0. The van der Waals surface area contributed by atoms with E-state index in [1.165, 1.54) is 0 Å². The minimum absolute atomic E-state index is 0.0584. The first kappa shape index (κ1) is 19.4. The zero-order valence-corrected chi connectivity index (χ0v) is 15.1. The van der Waals surface area contributed by atoms with E-state index in [1.807, 2.05) is 30.3 Å². The first-order valence-corrected chi connectivity index (χ1v) is 9.23. The van der Waals surface area contributed by atoms with Crippen molar-refractivity contribution >= 4 is 0 Å². The van der Waals surface area contributed by atoms with Gasteiger partial charge in [-0.3, -0.25) is 4.90 Å². The summed E-state index contributed by atoms with van der Waals surface area (Å²) in [6.45, 7) is 1.27. The van der Waals surface area contributed by atoms with Crippen LogP contribution in [0.3, 0.4) is 0 Å². The maximum Gasteiger partial charge on any atom is 0.416 e. The van der Waals surface area contributed by atoms with E-state index in [9.17, 15) is 22.7 Å². The topological polar surface area (TPSA) is 32.7 Å². The zero-order chi connectivity index (χ0) is 19.9. The van der Waals surface area contributed by atoms with Crippen molar-refractivity contribution in [1.82, 2.24) is 4.90 Å². The van der Waals surface area contributed by atoms with E-state index < -0.39 is 23.2 Å². The molecule has 2 heterocycles. The molecule has 0 aliphatic carbocycles. The van der Waals surface area contributed by atoms with Gasteiger partial charge in [0.25, 0.3) is 0 Å². The van der Waals surface area contributed by atoms with E-state index in [4.69, 9.17) is 4.74 Å². The zero-order valence-electron chi connectivity index (χ0n) is 15.1. The largest absolute Gasteiger partial charge is 0.416 e. The highest BCUT2D eigenvalue weighted by atomic mass is 19.4. The molecule has 2 atom stereocenters. The third-order valence-electron chi connectivity index (χ3n) is 5.70. The molecular formula is C21H21F4NO2. The van der Waals surface area contributed by atoms with Gasteiger partial charge in [-0.1, -0.05) is 30.3 Å². The number of rotatable bonds is 3. The monoisotopic (exact) mass is 395 g/mol. The van der Waals surface area contributed by atoms with Crippen molar-refractivity contribution in [1.29, 1.82) is 0 Å². The summed E-state index contributed by atoms with van der Waals surface area (Å²) in [5.41, 5.74) is -2.02. The van der Waals surface area contributed by atoms with Crippen LogP contribution in [0.1, 0.15) is 29.5 Å². The van der Waals surface area contributed by atoms with Gasteiger partial charge in [-0.25, -0.2) is 4.39 Å². The normalized spacial score (nSPS) is 28.3. The second-order valence-electron chi connectivity index (χ2n) is 7.63. The van der Waals surface area contributed by atoms with Crippen LogP contribution in [0.15, 0.2) is 48.5 Å². The van der Waals surface area contributed by atoms with Crippen LogP contribution in [0.4, 0.5) is 17.6 Å². The van der Waals surface area contributed by atoms with E-state index in [-0.39, 0.29) is 30.5 Å². The third kappa shape index (κ3) is 3.66. The summed E-state index contributed by atoms with van der Waals surface area (Å²) in [4.78, 5) is 2.18. The van der Waals surface area contributed by atoms with Gasteiger partial charge < -0.3 is 9.84 Å². The number of benzene rings is 2. The van der Waals surface area contributed by atoms with Gasteiger partial charge in [-0.05, 0) is 42.2 Å². The molecule has 2 bridgehead atoms. The Morgan fingerprint density at radius 2 is 1.68 bits per heavy atom. The molecule has 1 N–H and O–H groups in total. The van der Waals surface area contributed by atoms with Gasteiger partial charge >= 0.3 is 6.18 Å². The molecule has 2 aromatic carbocycles. The Bertz CT molecular complexity index is 826. The van der Waals surface area contributed by atoms with Crippen molar-refractivity contribution in [2.75, 3.05) is 13.2 Å². The molecule has 0 radical (unpaired) electrons. The maximum absolute atomic E-state index is 13.8. The van der Waals surface area contributed by atoms with Crippen molar-refractivity contribution in [3.63, 3.8) is 0 Å². The van der Waals surface area contributed by atoms with Crippen molar-refractivity contribution < 1.29 is 27.4 Å². The molecule has 28 heavy (non-hydrogen) atoms. The number of morpholine rings is 1. The Kier molecular flexibility index (Phi) is 4.93. The molecule has 150 valence electrons. The summed E-state index contributed by atoms with van der Waals surface area (Å²) in [6, 6.07) is 11.6. The molecule has 7 heteroatoms. The average molecular weight is 395 g/mol. The van der Waals surface area contributed by atoms with Crippen molar-refractivity contribution in [3.05, 3.63) is 71.0 Å². The molecule has 4 rings (SSSR count). The lowest BCUT2D eigenvalue weighted by Crippen LogP contribution is -2.60. The predicted octanol–water partition coefficient (Wildman–Crippen LogP) is 4.10. The molecule has 0 amide bonds. The van der Waals surface area contributed by atoms with Crippen LogP contribution in [-0.4, -0.2) is 35.3 Å². The predicted molar refractivity (Wildman–Crippen MR) is 94.9 cm³/mol. The summed E-state index contributed by atoms with van der Waals surface area (Å²) in [6.07, 6.45) is -4.54. The molecule has 2 fully saturated rings. The number of ether oxygens (including phenoxy) is 1. The second kappa shape index (κ2) is 7.13. The Hall–Kier alpha value is -1.96. The molecule has 2 aromatic rings. The quantitative estimate of drug-likeness (QED) is 0.795. The van der Waals surface area contributed by atoms with E-state index in [1.54, 1.807) is 0 Å². The molecule has 3 nitrogen and oxygen atoms in total. The molecule has 2 aliphatic rings. The van der Waals surface area contributed by atoms with E-state index in [2.05, 4.69) is 4.90 Å². The summed E-state index contributed by atoms with van der Waals surface area (Å²) >= 11 is 0. The minimum Gasteiger partial charge on any atom is -0.385 e. The number of nitrogens with zero attached hydrogens (tertiary/aromatic N) is 1. The van der Waals surface area contributed by atoms with Gasteiger partial charge in [0.1, 0.15) is 5.82 Å². The first-order chi connectivity index (χ1) is 13.3. The number of hydrogen-bond donors (Lipinski definition) is 1. The molecule has 2 aliphatic heterocycles. The Morgan fingerprint density at radius 1 is 1.04 bits per heavy atom. The standard InChI is InChI=1S/C21H21F4NO2/c22-15-6-7-18(21(23,24)25)19(8-15)20(27)9-16-12-28-13-17(10-20)26(16)11-14-4-2-1-3-5-14/h1-8,16-17,27H,9-13H2. The Labute approximate surface area is 160 Å². The smallest absolute Gasteiger partial charge is 0.385 e. The average Bonchev–Trinajstić information content (AvgIpc) is 2.62. The highest BCUT2D eigenvalue weighted by Gasteiger charge is 2.50. The lowest BCUT2D eigenvalue weighted by atomic mass is 9.75.